The summed E-state index contributed by atoms with van der Waals surface area (Å²) in [6.07, 6.45) is 5.66. The Bertz CT molecular complexity index is 375. The van der Waals surface area contributed by atoms with E-state index in [0.29, 0.717) is 0 Å². The number of nitrogens with zero attached hydrogens (tertiary/aromatic N) is 1. The van der Waals surface area contributed by atoms with Crippen LogP contribution < -0.4 is 0 Å². The van der Waals surface area contributed by atoms with Gasteiger partial charge in [0.1, 0.15) is 0 Å². The number of benzene rings is 1. The molecule has 2 nitrogen and oxygen atoms in total. The Morgan fingerprint density at radius 2 is 2.00 bits per heavy atom. The SMILES string of the molecule is CSc1ccc(C2(N=C=O)CC2)cc1. The Hall–Kier alpha value is -1.05. The molecule has 1 saturated carbocycles. The quantitative estimate of drug-likeness (QED) is 0.431. The molecule has 14 heavy (non-hydrogen) atoms. The summed E-state index contributed by atoms with van der Waals surface area (Å²) in [6, 6.07) is 8.25. The number of hydrogen-bond acceptors (Lipinski definition) is 3. The lowest BCUT2D eigenvalue weighted by atomic mass is 10.1. The summed E-state index contributed by atoms with van der Waals surface area (Å²) in [5, 5.41) is 0. The van der Waals surface area contributed by atoms with Crippen molar-refractivity contribution in [3.63, 3.8) is 0 Å². The van der Waals surface area contributed by atoms with Gasteiger partial charge in [-0.1, -0.05) is 12.1 Å². The third kappa shape index (κ3) is 1.61. The molecule has 0 heterocycles. The summed E-state index contributed by atoms with van der Waals surface area (Å²) in [5.41, 5.74) is 0.914. The standard InChI is InChI=1S/C11H11NOS/c1-14-10-4-2-9(3-5-10)11(6-7-11)12-8-13/h2-5H,6-7H2,1H3. The van der Waals surface area contributed by atoms with Crippen LogP contribution in [0.2, 0.25) is 0 Å². The van der Waals surface area contributed by atoms with Gasteiger partial charge in [-0.15, -0.1) is 11.8 Å². The van der Waals surface area contributed by atoms with Gasteiger partial charge in [0.05, 0.1) is 5.54 Å². The van der Waals surface area contributed by atoms with Crippen LogP contribution in [0, 0.1) is 0 Å². The monoisotopic (exact) mass is 205 g/mol. The molecule has 0 radical (unpaired) electrons. The van der Waals surface area contributed by atoms with Gasteiger partial charge in [0.2, 0.25) is 6.08 Å². The molecule has 72 valence electrons. The van der Waals surface area contributed by atoms with E-state index in [-0.39, 0.29) is 5.54 Å². The van der Waals surface area contributed by atoms with Gasteiger partial charge in [0, 0.05) is 4.90 Å². The number of rotatable bonds is 3. The topological polar surface area (TPSA) is 29.4 Å². The van der Waals surface area contributed by atoms with Crippen molar-refractivity contribution in [2.75, 3.05) is 6.26 Å². The third-order valence-corrected chi connectivity index (χ3v) is 3.35. The second kappa shape index (κ2) is 3.60. The van der Waals surface area contributed by atoms with E-state index in [1.54, 1.807) is 17.8 Å². The first kappa shape index (κ1) is 9.50. The van der Waals surface area contributed by atoms with Crippen molar-refractivity contribution >= 4 is 17.8 Å². The van der Waals surface area contributed by atoms with Crippen LogP contribution >= 0.6 is 11.8 Å². The van der Waals surface area contributed by atoms with Crippen molar-refractivity contribution in [3.05, 3.63) is 29.8 Å². The average molecular weight is 205 g/mol. The molecule has 0 amide bonds. The summed E-state index contributed by atoms with van der Waals surface area (Å²) in [6.45, 7) is 0. The Morgan fingerprint density at radius 1 is 1.36 bits per heavy atom. The lowest BCUT2D eigenvalue weighted by Crippen LogP contribution is -2.01. The van der Waals surface area contributed by atoms with E-state index in [1.807, 2.05) is 6.26 Å². The maximum atomic E-state index is 10.3. The van der Waals surface area contributed by atoms with Crippen LogP contribution in [0.3, 0.4) is 0 Å². The number of aliphatic imine (C=N–C) groups is 1. The van der Waals surface area contributed by atoms with E-state index in [2.05, 4.69) is 29.3 Å². The molecule has 3 heteroatoms. The Balaban J connectivity index is 2.29. The van der Waals surface area contributed by atoms with E-state index in [1.165, 1.54) is 4.90 Å². The van der Waals surface area contributed by atoms with Crippen molar-refractivity contribution in [2.45, 2.75) is 23.3 Å². The fourth-order valence-electron chi connectivity index (χ4n) is 1.57. The predicted octanol–water partition coefficient (Wildman–Crippen LogP) is 2.73. The molecule has 0 aromatic heterocycles. The van der Waals surface area contributed by atoms with Gasteiger partial charge in [0.15, 0.2) is 0 Å². The van der Waals surface area contributed by atoms with Gasteiger partial charge in [0.25, 0.3) is 0 Å². The molecule has 1 aliphatic carbocycles. The molecule has 1 fully saturated rings. The lowest BCUT2D eigenvalue weighted by Gasteiger charge is -2.07. The van der Waals surface area contributed by atoms with Gasteiger partial charge in [-0.05, 0) is 36.8 Å². The number of carbonyl (C=O) groups excluding carboxylic acids is 1. The van der Waals surface area contributed by atoms with Gasteiger partial charge in [-0.3, -0.25) is 0 Å². The molecule has 0 bridgehead atoms. The lowest BCUT2D eigenvalue weighted by molar-refractivity contribution is 0.556. The van der Waals surface area contributed by atoms with Gasteiger partial charge in [-0.25, -0.2) is 4.79 Å². The Morgan fingerprint density at radius 3 is 2.43 bits per heavy atom. The maximum Gasteiger partial charge on any atom is 0.235 e. The molecular weight excluding hydrogens is 194 g/mol. The highest BCUT2D eigenvalue weighted by atomic mass is 32.2. The Labute approximate surface area is 87.4 Å². The van der Waals surface area contributed by atoms with Crippen LogP contribution in [0.25, 0.3) is 0 Å². The summed E-state index contributed by atoms with van der Waals surface area (Å²) < 4.78 is 0. The fraction of sp³-hybridized carbons (Fsp3) is 0.364. The minimum atomic E-state index is -0.224. The second-order valence-electron chi connectivity index (χ2n) is 3.46. The first-order valence-electron chi connectivity index (χ1n) is 4.54. The van der Waals surface area contributed by atoms with Crippen molar-refractivity contribution in [3.8, 4) is 0 Å². The molecule has 0 N–H and O–H groups in total. The minimum Gasteiger partial charge on any atom is -0.211 e. The Kier molecular flexibility index (Phi) is 2.44. The first-order chi connectivity index (χ1) is 6.80. The molecule has 1 aromatic carbocycles. The molecule has 0 atom stereocenters. The van der Waals surface area contributed by atoms with Crippen molar-refractivity contribution in [2.24, 2.45) is 4.99 Å². The summed E-state index contributed by atoms with van der Waals surface area (Å²) >= 11 is 1.71. The maximum absolute atomic E-state index is 10.3. The zero-order valence-electron chi connectivity index (χ0n) is 7.99. The normalized spacial score (nSPS) is 17.2. The number of thioether (sulfide) groups is 1. The summed E-state index contributed by atoms with van der Waals surface area (Å²) in [4.78, 5) is 15.4. The smallest absolute Gasteiger partial charge is 0.211 e. The summed E-state index contributed by atoms with van der Waals surface area (Å²) in [5.74, 6) is 0. The van der Waals surface area contributed by atoms with Crippen LogP contribution in [0.5, 0.6) is 0 Å². The van der Waals surface area contributed by atoms with Crippen molar-refractivity contribution < 1.29 is 4.79 Å². The van der Waals surface area contributed by atoms with Crippen LogP contribution in [-0.2, 0) is 10.3 Å². The third-order valence-electron chi connectivity index (χ3n) is 2.61. The van der Waals surface area contributed by atoms with E-state index in [9.17, 15) is 4.79 Å². The zero-order valence-corrected chi connectivity index (χ0v) is 8.80. The van der Waals surface area contributed by atoms with E-state index in [4.69, 9.17) is 0 Å². The van der Waals surface area contributed by atoms with Crippen molar-refractivity contribution in [1.82, 2.24) is 0 Å². The van der Waals surface area contributed by atoms with E-state index >= 15 is 0 Å². The molecule has 0 unspecified atom stereocenters. The molecule has 0 saturated heterocycles. The van der Waals surface area contributed by atoms with E-state index < -0.39 is 0 Å². The summed E-state index contributed by atoms with van der Waals surface area (Å²) in [7, 11) is 0. The highest BCUT2D eigenvalue weighted by Gasteiger charge is 2.44. The van der Waals surface area contributed by atoms with Crippen LogP contribution in [-0.4, -0.2) is 12.3 Å². The molecule has 1 aromatic rings. The molecule has 0 aliphatic heterocycles. The van der Waals surface area contributed by atoms with Crippen LogP contribution in [0.1, 0.15) is 18.4 Å². The predicted molar refractivity (Wildman–Crippen MR) is 57.3 cm³/mol. The first-order valence-corrected chi connectivity index (χ1v) is 5.77. The fourth-order valence-corrected chi connectivity index (χ4v) is 1.98. The highest BCUT2D eigenvalue weighted by Crippen LogP contribution is 2.49. The highest BCUT2D eigenvalue weighted by molar-refractivity contribution is 7.98. The molecule has 2 rings (SSSR count). The minimum absolute atomic E-state index is 0.224. The molecule has 0 spiro atoms. The number of hydrogen-bond donors (Lipinski definition) is 0. The average Bonchev–Trinajstić information content (AvgIpc) is 3.00. The largest absolute Gasteiger partial charge is 0.235 e. The van der Waals surface area contributed by atoms with Crippen molar-refractivity contribution in [1.29, 1.82) is 0 Å². The number of isocyanates is 1. The van der Waals surface area contributed by atoms with Gasteiger partial charge >= 0.3 is 0 Å². The van der Waals surface area contributed by atoms with Gasteiger partial charge in [-0.2, -0.15) is 4.99 Å². The molecular formula is C11H11NOS. The molecule has 1 aliphatic rings. The van der Waals surface area contributed by atoms with Crippen LogP contribution in [0.15, 0.2) is 34.2 Å². The zero-order chi connectivity index (χ0) is 10.0. The van der Waals surface area contributed by atoms with Crippen LogP contribution in [0.4, 0.5) is 0 Å². The van der Waals surface area contributed by atoms with E-state index in [0.717, 1.165) is 18.4 Å². The second-order valence-corrected chi connectivity index (χ2v) is 4.34. The van der Waals surface area contributed by atoms with Gasteiger partial charge < -0.3 is 0 Å².